The van der Waals surface area contributed by atoms with E-state index in [4.69, 9.17) is 9.47 Å². The number of carbonyl (C=O) groups is 2. The van der Waals surface area contributed by atoms with Gasteiger partial charge in [-0.15, -0.1) is 0 Å². The number of aromatic nitrogens is 4. The van der Waals surface area contributed by atoms with Crippen molar-refractivity contribution < 1.29 is 27.8 Å². The highest BCUT2D eigenvalue weighted by Crippen LogP contribution is 2.32. The molecule has 13 heteroatoms. The number of hydrogen-bond acceptors (Lipinski definition) is 8. The molecule has 2 saturated heterocycles. The zero-order valence-corrected chi connectivity index (χ0v) is 22.9. The number of rotatable bonds is 6. The lowest BCUT2D eigenvalue weighted by atomic mass is 9.86. The molecule has 218 valence electrons. The number of ether oxygens (including phenoxy) is 2. The second-order valence-corrected chi connectivity index (χ2v) is 10.7. The molecule has 0 unspecified atom stereocenters. The fourth-order valence-corrected chi connectivity index (χ4v) is 5.72. The molecule has 1 aliphatic carbocycles. The maximum atomic E-state index is 14.1. The zero-order valence-electron chi connectivity index (χ0n) is 22.9. The predicted octanol–water partition coefficient (Wildman–Crippen LogP) is 2.83. The van der Waals surface area contributed by atoms with Crippen molar-refractivity contribution in [2.24, 2.45) is 5.92 Å². The van der Waals surface area contributed by atoms with E-state index in [9.17, 15) is 18.4 Å². The second-order valence-electron chi connectivity index (χ2n) is 10.7. The van der Waals surface area contributed by atoms with Gasteiger partial charge < -0.3 is 24.2 Å². The molecule has 0 N–H and O–H groups in total. The predicted molar refractivity (Wildman–Crippen MR) is 145 cm³/mol. The minimum absolute atomic E-state index is 0.0235. The number of morpholine rings is 1. The van der Waals surface area contributed by atoms with E-state index in [1.165, 1.54) is 4.57 Å². The third-order valence-electron chi connectivity index (χ3n) is 8.06. The van der Waals surface area contributed by atoms with E-state index in [1.807, 2.05) is 4.90 Å². The van der Waals surface area contributed by atoms with Crippen molar-refractivity contribution in [1.29, 1.82) is 0 Å². The van der Waals surface area contributed by atoms with Crippen LogP contribution in [0.3, 0.4) is 0 Å². The number of imidazole rings is 1. The van der Waals surface area contributed by atoms with E-state index >= 15 is 0 Å². The van der Waals surface area contributed by atoms with Gasteiger partial charge in [0, 0.05) is 45.2 Å². The van der Waals surface area contributed by atoms with E-state index < -0.39 is 12.2 Å². The first-order valence-electron chi connectivity index (χ1n) is 14.0. The third kappa shape index (κ3) is 5.67. The monoisotopic (exact) mass is 569 g/mol. The quantitative estimate of drug-likeness (QED) is 0.446. The summed E-state index contributed by atoms with van der Waals surface area (Å²) >= 11 is 0. The van der Waals surface area contributed by atoms with Crippen molar-refractivity contribution in [2.75, 3.05) is 57.9 Å². The van der Waals surface area contributed by atoms with Crippen LogP contribution in [0.2, 0.25) is 0 Å². The molecule has 1 saturated carbocycles. The van der Waals surface area contributed by atoms with Crippen LogP contribution in [0.1, 0.15) is 37.9 Å². The van der Waals surface area contributed by atoms with Crippen LogP contribution in [0.5, 0.6) is 5.88 Å². The Labute approximate surface area is 236 Å². The van der Waals surface area contributed by atoms with E-state index in [0.717, 1.165) is 0 Å². The molecule has 3 aromatic rings. The maximum absolute atomic E-state index is 14.1. The highest BCUT2D eigenvalue weighted by atomic mass is 19.3. The molecular formula is C28H33F2N7O4. The molecule has 2 aromatic heterocycles. The Morgan fingerprint density at radius 3 is 2.51 bits per heavy atom. The van der Waals surface area contributed by atoms with Gasteiger partial charge in [0.25, 0.3) is 6.43 Å². The molecule has 2 amide bonds. The lowest BCUT2D eigenvalue weighted by Crippen LogP contribution is -2.52. The maximum Gasteiger partial charge on any atom is 0.296 e. The van der Waals surface area contributed by atoms with E-state index in [0.29, 0.717) is 82.1 Å². The fraction of sp³-hybridized carbons (Fsp3) is 0.536. The number of piperazine rings is 1. The summed E-state index contributed by atoms with van der Waals surface area (Å²) in [5.41, 5.74) is 0.962. The second kappa shape index (κ2) is 11.6. The molecule has 3 aliphatic rings. The molecule has 2 aliphatic heterocycles. The molecule has 0 atom stereocenters. The van der Waals surface area contributed by atoms with Crippen molar-refractivity contribution in [2.45, 2.75) is 38.2 Å². The van der Waals surface area contributed by atoms with Crippen LogP contribution in [0.15, 0.2) is 30.3 Å². The number of likely N-dealkylation sites (N-methyl/N-ethyl adjacent to an activating group) is 1. The van der Waals surface area contributed by atoms with Crippen molar-refractivity contribution >= 4 is 28.8 Å². The Kier molecular flexibility index (Phi) is 7.69. The van der Waals surface area contributed by atoms with Gasteiger partial charge in [0.1, 0.15) is 11.9 Å². The van der Waals surface area contributed by atoms with Crippen LogP contribution < -0.4 is 9.64 Å². The fourth-order valence-electron chi connectivity index (χ4n) is 5.72. The van der Waals surface area contributed by atoms with Crippen LogP contribution in [-0.2, 0) is 14.3 Å². The van der Waals surface area contributed by atoms with Gasteiger partial charge in [-0.2, -0.15) is 9.97 Å². The van der Waals surface area contributed by atoms with Gasteiger partial charge in [0.05, 0.1) is 30.8 Å². The number of fused-ring (bicyclic) bond motifs is 1. The summed E-state index contributed by atoms with van der Waals surface area (Å²) in [4.78, 5) is 43.9. The molecule has 0 spiro atoms. The Morgan fingerprint density at radius 2 is 1.78 bits per heavy atom. The summed E-state index contributed by atoms with van der Waals surface area (Å²) in [5.74, 6) is 0.348. The SMILES string of the molecule is CN1CCN(C(=O)[C@H]2CC[C@H](Oc3cc(-n4c(C(F)F)nc5ccccc54)nc(N4CCOCC4)n3)CC2)CC1=O. The normalized spacial score (nSPS) is 22.0. The molecule has 0 radical (unpaired) electrons. The van der Waals surface area contributed by atoms with E-state index in [1.54, 1.807) is 47.2 Å². The molecule has 4 heterocycles. The van der Waals surface area contributed by atoms with Gasteiger partial charge in [-0.05, 0) is 37.8 Å². The first-order valence-corrected chi connectivity index (χ1v) is 14.0. The van der Waals surface area contributed by atoms with Crippen molar-refractivity contribution in [1.82, 2.24) is 29.3 Å². The summed E-state index contributed by atoms with van der Waals surface area (Å²) in [7, 11) is 1.75. The Bertz CT molecular complexity index is 1420. The lowest BCUT2D eigenvalue weighted by molar-refractivity contribution is -0.147. The summed E-state index contributed by atoms with van der Waals surface area (Å²) in [5, 5.41) is 0. The number of halogens is 2. The summed E-state index contributed by atoms with van der Waals surface area (Å²) in [6.07, 6.45) is -0.444. The van der Waals surface area contributed by atoms with Crippen molar-refractivity contribution in [3.05, 3.63) is 36.2 Å². The van der Waals surface area contributed by atoms with Crippen molar-refractivity contribution in [3.8, 4) is 11.7 Å². The number of anilines is 1. The smallest absolute Gasteiger partial charge is 0.296 e. The summed E-state index contributed by atoms with van der Waals surface area (Å²) < 4.78 is 41.4. The topological polar surface area (TPSA) is 106 Å². The highest BCUT2D eigenvalue weighted by Gasteiger charge is 2.34. The number of benzene rings is 1. The van der Waals surface area contributed by atoms with Gasteiger partial charge >= 0.3 is 0 Å². The van der Waals surface area contributed by atoms with Crippen LogP contribution in [0.4, 0.5) is 14.7 Å². The van der Waals surface area contributed by atoms with E-state index in [-0.39, 0.29) is 42.1 Å². The van der Waals surface area contributed by atoms with Crippen LogP contribution in [0, 0.1) is 5.92 Å². The largest absolute Gasteiger partial charge is 0.474 e. The average molecular weight is 570 g/mol. The lowest BCUT2D eigenvalue weighted by Gasteiger charge is -2.36. The zero-order chi connectivity index (χ0) is 28.5. The van der Waals surface area contributed by atoms with Gasteiger partial charge in [-0.3, -0.25) is 14.2 Å². The van der Waals surface area contributed by atoms with Crippen LogP contribution in [-0.4, -0.2) is 100 Å². The molecule has 3 fully saturated rings. The standard InChI is InChI=1S/C28H33F2N7O4/c1-34-10-11-36(17-24(34)38)27(39)18-6-8-19(9-7-18)41-23-16-22(32-28(33-23)35-12-14-40-15-13-35)37-21-5-3-2-4-20(21)31-26(37)25(29)30/h2-5,16,18-19,25H,6-15,17H2,1H3/t18-,19-. The molecule has 11 nitrogen and oxygen atoms in total. The van der Waals surface area contributed by atoms with Crippen LogP contribution >= 0.6 is 0 Å². The third-order valence-corrected chi connectivity index (χ3v) is 8.06. The van der Waals surface area contributed by atoms with Crippen LogP contribution in [0.25, 0.3) is 16.9 Å². The molecule has 6 rings (SSSR count). The van der Waals surface area contributed by atoms with Gasteiger partial charge in [0.2, 0.25) is 23.6 Å². The number of alkyl halides is 2. The number of para-hydroxylation sites is 2. The summed E-state index contributed by atoms with van der Waals surface area (Å²) in [6, 6.07) is 8.53. The first kappa shape index (κ1) is 27.3. The summed E-state index contributed by atoms with van der Waals surface area (Å²) in [6.45, 7) is 3.38. The molecule has 1 aromatic carbocycles. The Balaban J connectivity index is 1.23. The number of hydrogen-bond donors (Lipinski definition) is 0. The average Bonchev–Trinajstić information content (AvgIpc) is 3.39. The minimum atomic E-state index is -2.81. The highest BCUT2D eigenvalue weighted by molar-refractivity contribution is 5.87. The molecular weight excluding hydrogens is 536 g/mol. The Morgan fingerprint density at radius 1 is 1.02 bits per heavy atom. The van der Waals surface area contributed by atoms with Gasteiger partial charge in [0.15, 0.2) is 5.82 Å². The van der Waals surface area contributed by atoms with Gasteiger partial charge in [-0.1, -0.05) is 12.1 Å². The number of carbonyl (C=O) groups excluding carboxylic acids is 2. The van der Waals surface area contributed by atoms with Gasteiger partial charge in [-0.25, -0.2) is 13.8 Å². The Hall–Kier alpha value is -3.87. The molecule has 41 heavy (non-hydrogen) atoms. The number of amides is 2. The number of nitrogens with zero attached hydrogens (tertiary/aromatic N) is 7. The first-order chi connectivity index (χ1) is 19.9. The minimum Gasteiger partial charge on any atom is -0.474 e. The molecule has 0 bridgehead atoms. The van der Waals surface area contributed by atoms with E-state index in [2.05, 4.69) is 15.0 Å². The van der Waals surface area contributed by atoms with Crippen molar-refractivity contribution in [3.63, 3.8) is 0 Å².